The van der Waals surface area contributed by atoms with Crippen LogP contribution in [0.1, 0.15) is 12.5 Å². The van der Waals surface area contributed by atoms with Gasteiger partial charge >= 0.3 is 0 Å². The number of nitrogens with zero attached hydrogens (tertiary/aromatic N) is 2. The fourth-order valence-corrected chi connectivity index (χ4v) is 3.54. The van der Waals surface area contributed by atoms with Crippen molar-refractivity contribution in [1.82, 2.24) is 15.0 Å². The van der Waals surface area contributed by atoms with Gasteiger partial charge in [-0.05, 0) is 30.7 Å². The Balaban J connectivity index is 1.58. The molecule has 5 aromatic rings. The average Bonchev–Trinajstić information content (AvgIpc) is 3.34. The molecule has 28 heavy (non-hydrogen) atoms. The second-order valence-corrected chi connectivity index (χ2v) is 6.70. The van der Waals surface area contributed by atoms with Crippen LogP contribution in [0.4, 0.5) is 5.95 Å². The Morgan fingerprint density at radius 1 is 0.821 bits per heavy atom. The fraction of sp³-hybridized carbons (Fsp3) is 0.0435. The first kappa shape index (κ1) is 16.3. The lowest BCUT2D eigenvalue weighted by molar-refractivity contribution is 1.20. The molecule has 0 saturated carbocycles. The lowest BCUT2D eigenvalue weighted by Crippen LogP contribution is -2.02. The Hall–Kier alpha value is -3.86. The van der Waals surface area contributed by atoms with E-state index in [1.165, 1.54) is 0 Å². The summed E-state index contributed by atoms with van der Waals surface area (Å²) in [4.78, 5) is 11.3. The van der Waals surface area contributed by atoms with E-state index in [1.807, 2.05) is 55.5 Å². The standard InChI is InChI=1S/C23H19N5/c1-15(27-28-23-25-19-13-7-8-14-20(19)26-23)21-17-11-5-6-12-18(17)24-22(21)16-9-3-2-4-10-16/h2-14,24H,1H3,(H2,25,26,28)/b27-15+. The van der Waals surface area contributed by atoms with Crippen LogP contribution in [0.15, 0.2) is 84.0 Å². The second-order valence-electron chi connectivity index (χ2n) is 6.70. The third-order valence-corrected chi connectivity index (χ3v) is 4.85. The highest BCUT2D eigenvalue weighted by atomic mass is 15.4. The summed E-state index contributed by atoms with van der Waals surface area (Å²) in [5, 5.41) is 5.77. The summed E-state index contributed by atoms with van der Waals surface area (Å²) in [6.45, 7) is 2.01. The zero-order valence-corrected chi connectivity index (χ0v) is 15.4. The highest BCUT2D eigenvalue weighted by Crippen LogP contribution is 2.31. The topological polar surface area (TPSA) is 68.9 Å². The smallest absolute Gasteiger partial charge is 0.222 e. The van der Waals surface area contributed by atoms with Crippen LogP contribution < -0.4 is 5.43 Å². The van der Waals surface area contributed by atoms with E-state index in [0.717, 1.165) is 44.5 Å². The van der Waals surface area contributed by atoms with Crippen LogP contribution in [-0.2, 0) is 0 Å². The normalized spacial score (nSPS) is 12.0. The maximum Gasteiger partial charge on any atom is 0.222 e. The molecular formula is C23H19N5. The van der Waals surface area contributed by atoms with Gasteiger partial charge in [0.2, 0.25) is 5.95 Å². The molecule has 5 rings (SSSR count). The van der Waals surface area contributed by atoms with Gasteiger partial charge in [0.1, 0.15) is 0 Å². The van der Waals surface area contributed by atoms with Gasteiger partial charge in [0, 0.05) is 16.5 Å². The zero-order chi connectivity index (χ0) is 18.9. The van der Waals surface area contributed by atoms with E-state index < -0.39 is 0 Å². The number of aromatic nitrogens is 3. The van der Waals surface area contributed by atoms with Crippen molar-refractivity contribution in [3.63, 3.8) is 0 Å². The Morgan fingerprint density at radius 2 is 1.54 bits per heavy atom. The van der Waals surface area contributed by atoms with E-state index in [0.29, 0.717) is 5.95 Å². The molecule has 2 heterocycles. The van der Waals surface area contributed by atoms with Crippen LogP contribution in [0.5, 0.6) is 0 Å². The van der Waals surface area contributed by atoms with Crippen LogP contribution in [0.2, 0.25) is 0 Å². The predicted molar refractivity (Wildman–Crippen MR) is 116 cm³/mol. The van der Waals surface area contributed by atoms with Gasteiger partial charge in [-0.3, -0.25) is 0 Å². The Kier molecular flexibility index (Phi) is 3.91. The third-order valence-electron chi connectivity index (χ3n) is 4.85. The molecule has 0 amide bonds. The van der Waals surface area contributed by atoms with Gasteiger partial charge < -0.3 is 9.97 Å². The molecule has 0 aliphatic rings. The maximum atomic E-state index is 4.62. The monoisotopic (exact) mass is 365 g/mol. The van der Waals surface area contributed by atoms with Crippen molar-refractivity contribution in [2.75, 3.05) is 5.43 Å². The molecule has 0 radical (unpaired) electrons. The molecule has 0 saturated heterocycles. The first-order chi connectivity index (χ1) is 13.8. The number of nitrogens with one attached hydrogen (secondary N) is 3. The lowest BCUT2D eigenvalue weighted by atomic mass is 10.0. The van der Waals surface area contributed by atoms with Crippen molar-refractivity contribution >= 4 is 33.6 Å². The number of aromatic amines is 2. The SMILES string of the molecule is C/C(=N\Nc1nc2ccccc2[nH]1)c1c(-c2ccccc2)[nH]c2ccccc12. The van der Waals surface area contributed by atoms with Crippen LogP contribution in [-0.4, -0.2) is 20.7 Å². The first-order valence-electron chi connectivity index (χ1n) is 9.21. The van der Waals surface area contributed by atoms with E-state index in [-0.39, 0.29) is 0 Å². The number of hydrazone groups is 1. The highest BCUT2D eigenvalue weighted by Gasteiger charge is 2.15. The maximum absolute atomic E-state index is 4.62. The van der Waals surface area contributed by atoms with Gasteiger partial charge in [-0.15, -0.1) is 0 Å². The molecule has 0 spiro atoms. The van der Waals surface area contributed by atoms with Crippen molar-refractivity contribution in [1.29, 1.82) is 0 Å². The van der Waals surface area contributed by atoms with Crippen molar-refractivity contribution in [3.05, 3.63) is 84.4 Å². The molecule has 0 fully saturated rings. The second kappa shape index (κ2) is 6.70. The Labute approximate surface area is 162 Å². The minimum absolute atomic E-state index is 0.627. The van der Waals surface area contributed by atoms with Gasteiger partial charge in [0.15, 0.2) is 0 Å². The molecule has 0 unspecified atom stereocenters. The summed E-state index contributed by atoms with van der Waals surface area (Å²) in [7, 11) is 0. The number of hydrogen-bond donors (Lipinski definition) is 3. The zero-order valence-electron chi connectivity index (χ0n) is 15.4. The number of imidazole rings is 1. The molecule has 0 aliphatic carbocycles. The van der Waals surface area contributed by atoms with Gasteiger partial charge in [0.25, 0.3) is 0 Å². The minimum Gasteiger partial charge on any atom is -0.354 e. The van der Waals surface area contributed by atoms with Crippen molar-refractivity contribution < 1.29 is 0 Å². The van der Waals surface area contributed by atoms with Crippen LogP contribution in [0.25, 0.3) is 33.2 Å². The molecule has 136 valence electrons. The van der Waals surface area contributed by atoms with Crippen molar-refractivity contribution in [2.45, 2.75) is 6.92 Å². The quantitative estimate of drug-likeness (QED) is 0.289. The number of H-pyrrole nitrogens is 2. The molecular weight excluding hydrogens is 346 g/mol. The number of rotatable bonds is 4. The van der Waals surface area contributed by atoms with E-state index in [9.17, 15) is 0 Å². The summed E-state index contributed by atoms with van der Waals surface area (Å²) < 4.78 is 0. The summed E-state index contributed by atoms with van der Waals surface area (Å²) in [5.41, 5.74) is 10.2. The first-order valence-corrected chi connectivity index (χ1v) is 9.21. The Morgan fingerprint density at radius 3 is 2.36 bits per heavy atom. The molecule has 0 aliphatic heterocycles. The Bertz CT molecular complexity index is 1260. The van der Waals surface area contributed by atoms with E-state index in [1.54, 1.807) is 0 Å². The largest absolute Gasteiger partial charge is 0.354 e. The van der Waals surface area contributed by atoms with Crippen molar-refractivity contribution in [3.8, 4) is 11.3 Å². The van der Waals surface area contributed by atoms with E-state index >= 15 is 0 Å². The van der Waals surface area contributed by atoms with Crippen LogP contribution in [0.3, 0.4) is 0 Å². The number of fused-ring (bicyclic) bond motifs is 2. The number of benzene rings is 3. The summed E-state index contributed by atoms with van der Waals surface area (Å²) >= 11 is 0. The summed E-state index contributed by atoms with van der Waals surface area (Å²) in [6.07, 6.45) is 0. The fourth-order valence-electron chi connectivity index (χ4n) is 3.54. The molecule has 0 bridgehead atoms. The van der Waals surface area contributed by atoms with Gasteiger partial charge in [-0.1, -0.05) is 60.7 Å². The third kappa shape index (κ3) is 2.83. The molecule has 3 N–H and O–H groups in total. The van der Waals surface area contributed by atoms with Crippen molar-refractivity contribution in [2.24, 2.45) is 5.10 Å². The lowest BCUT2D eigenvalue weighted by Gasteiger charge is -2.05. The molecule has 3 aromatic carbocycles. The minimum atomic E-state index is 0.627. The summed E-state index contributed by atoms with van der Waals surface area (Å²) in [6, 6.07) is 26.5. The van der Waals surface area contributed by atoms with E-state index in [2.05, 4.69) is 55.8 Å². The molecule has 5 heteroatoms. The van der Waals surface area contributed by atoms with Gasteiger partial charge in [-0.25, -0.2) is 10.4 Å². The highest BCUT2D eigenvalue weighted by molar-refractivity contribution is 6.14. The molecule has 2 aromatic heterocycles. The molecule has 0 atom stereocenters. The van der Waals surface area contributed by atoms with Crippen LogP contribution >= 0.6 is 0 Å². The molecule has 5 nitrogen and oxygen atoms in total. The van der Waals surface area contributed by atoms with Crippen LogP contribution in [0, 0.1) is 0 Å². The van der Waals surface area contributed by atoms with Gasteiger partial charge in [0.05, 0.1) is 22.4 Å². The van der Waals surface area contributed by atoms with E-state index in [4.69, 9.17) is 0 Å². The average molecular weight is 365 g/mol. The predicted octanol–water partition coefficient (Wildman–Crippen LogP) is 5.55. The summed E-state index contributed by atoms with van der Waals surface area (Å²) in [5.74, 6) is 0.627. The number of para-hydroxylation sites is 3. The number of anilines is 1. The number of hydrogen-bond acceptors (Lipinski definition) is 3. The van der Waals surface area contributed by atoms with Gasteiger partial charge in [-0.2, -0.15) is 5.10 Å².